The van der Waals surface area contributed by atoms with E-state index in [1.54, 1.807) is 25.4 Å². The molecule has 0 saturated carbocycles. The molecule has 0 bridgehead atoms. The van der Waals surface area contributed by atoms with Gasteiger partial charge in [-0.3, -0.25) is 19.4 Å². The Hall–Kier alpha value is -3.44. The van der Waals surface area contributed by atoms with Crippen LogP contribution in [0.4, 0.5) is 5.95 Å². The first-order chi connectivity index (χ1) is 21.2. The minimum Gasteiger partial charge on any atom is -0.481 e. The van der Waals surface area contributed by atoms with E-state index in [9.17, 15) is 9.59 Å². The van der Waals surface area contributed by atoms with Gasteiger partial charge in [-0.1, -0.05) is 23.2 Å². The molecule has 2 N–H and O–H groups in total. The molecule has 1 amide bonds. The third-order valence-corrected chi connectivity index (χ3v) is 8.50. The monoisotopic (exact) mass is 640 g/mol. The number of rotatable bonds is 11. The second-order valence-electron chi connectivity index (χ2n) is 11.5. The van der Waals surface area contributed by atoms with Crippen LogP contribution in [0, 0.1) is 5.92 Å². The molecule has 12 heteroatoms. The van der Waals surface area contributed by atoms with Crippen LogP contribution in [0.1, 0.15) is 31.7 Å². The molecular weight excluding hydrogens is 603 g/mol. The lowest BCUT2D eigenvalue weighted by molar-refractivity contribution is -0.137. The summed E-state index contributed by atoms with van der Waals surface area (Å²) in [6.45, 7) is 8.52. The van der Waals surface area contributed by atoms with Gasteiger partial charge in [-0.15, -0.1) is 0 Å². The molecule has 1 aromatic heterocycles. The van der Waals surface area contributed by atoms with Gasteiger partial charge in [0.05, 0.1) is 18.8 Å². The summed E-state index contributed by atoms with van der Waals surface area (Å²) in [7, 11) is 0. The predicted octanol–water partition coefficient (Wildman–Crippen LogP) is 5.19. The van der Waals surface area contributed by atoms with E-state index < -0.39 is 5.97 Å². The number of hydrogen-bond donors (Lipinski definition) is 2. The summed E-state index contributed by atoms with van der Waals surface area (Å²) in [4.78, 5) is 38.0. The number of piperazine rings is 1. The summed E-state index contributed by atoms with van der Waals surface area (Å²) in [5.41, 5.74) is 2.95. The van der Waals surface area contributed by atoms with Crippen molar-refractivity contribution in [2.24, 2.45) is 5.92 Å². The number of anilines is 1. The summed E-state index contributed by atoms with van der Waals surface area (Å²) >= 11 is 12.7. The Labute approximate surface area is 267 Å². The molecular formula is C32H38Cl2N6O4. The van der Waals surface area contributed by atoms with Crippen molar-refractivity contribution in [2.75, 3.05) is 57.3 Å². The molecule has 0 unspecified atom stereocenters. The number of benzene rings is 2. The highest BCUT2D eigenvalue weighted by atomic mass is 35.5. The van der Waals surface area contributed by atoms with Crippen molar-refractivity contribution in [3.05, 3.63) is 64.4 Å². The van der Waals surface area contributed by atoms with Crippen molar-refractivity contribution in [3.63, 3.8) is 0 Å². The molecule has 3 aromatic rings. The second-order valence-corrected chi connectivity index (χ2v) is 12.3. The normalized spacial score (nSPS) is 16.6. The lowest BCUT2D eigenvalue weighted by Crippen LogP contribution is -2.47. The molecule has 2 aliphatic rings. The maximum Gasteiger partial charge on any atom is 0.304 e. The van der Waals surface area contributed by atoms with E-state index in [0.29, 0.717) is 40.0 Å². The van der Waals surface area contributed by atoms with Crippen LogP contribution in [-0.4, -0.2) is 89.1 Å². The minimum absolute atomic E-state index is 0.0192. The maximum atomic E-state index is 11.3. The third-order valence-electron chi connectivity index (χ3n) is 8.06. The number of carboxylic acid groups (broad SMARTS) is 1. The number of piperidine rings is 1. The lowest BCUT2D eigenvalue weighted by atomic mass is 9.96. The van der Waals surface area contributed by atoms with Crippen LogP contribution in [0.25, 0.3) is 11.1 Å². The Bertz CT molecular complexity index is 1420. The number of aliphatic carboxylic acids is 1. The number of aromatic nitrogens is 2. The van der Waals surface area contributed by atoms with Crippen molar-refractivity contribution in [1.29, 1.82) is 0 Å². The smallest absolute Gasteiger partial charge is 0.304 e. The van der Waals surface area contributed by atoms with E-state index >= 15 is 0 Å². The Morgan fingerprint density at radius 2 is 1.55 bits per heavy atom. The molecule has 3 heterocycles. The summed E-state index contributed by atoms with van der Waals surface area (Å²) in [6.07, 6.45) is 5.58. The Kier molecular flexibility index (Phi) is 10.9. The maximum absolute atomic E-state index is 11.3. The Balaban J connectivity index is 1.27. The van der Waals surface area contributed by atoms with E-state index in [0.717, 1.165) is 81.9 Å². The Morgan fingerprint density at radius 1 is 0.886 bits per heavy atom. The highest BCUT2D eigenvalue weighted by Crippen LogP contribution is 2.33. The van der Waals surface area contributed by atoms with E-state index in [2.05, 4.69) is 36.1 Å². The molecule has 0 radical (unpaired) electrons. The molecule has 2 aliphatic heterocycles. The highest BCUT2D eigenvalue weighted by Gasteiger charge is 2.21. The van der Waals surface area contributed by atoms with Gasteiger partial charge in [0.25, 0.3) is 0 Å². The van der Waals surface area contributed by atoms with Gasteiger partial charge < -0.3 is 20.1 Å². The van der Waals surface area contributed by atoms with Gasteiger partial charge in [0, 0.05) is 62.8 Å². The lowest BCUT2D eigenvalue weighted by Gasteiger charge is -2.34. The first-order valence-electron chi connectivity index (χ1n) is 15.0. The standard InChI is InChI=1S/C32H38Cl2N6O4/c1-22(41)35-18-23-2-5-39(6-3-23)21-24-12-25(26-14-27(33)17-28(34)15-26)16-29(13-24)44-30-19-36-32(37-20-30)40-10-8-38(9-11-40)7-4-31(42)43/h12-17,19-20,23H,2-11,18,21H2,1H3,(H,35,41)(H,42,43). The van der Waals surface area contributed by atoms with Gasteiger partial charge in [-0.25, -0.2) is 9.97 Å². The van der Waals surface area contributed by atoms with Gasteiger partial charge in [-0.05, 0) is 84.9 Å². The molecule has 2 aromatic carbocycles. The third kappa shape index (κ3) is 9.28. The zero-order chi connectivity index (χ0) is 31.1. The average Bonchev–Trinajstić information content (AvgIpc) is 3.00. The number of amides is 1. The average molecular weight is 642 g/mol. The molecule has 234 valence electrons. The fourth-order valence-electron chi connectivity index (χ4n) is 5.68. The number of carbonyl (C=O) groups excluding carboxylic acids is 1. The summed E-state index contributed by atoms with van der Waals surface area (Å²) < 4.78 is 6.28. The van der Waals surface area contributed by atoms with E-state index in [1.807, 2.05) is 24.3 Å². The van der Waals surface area contributed by atoms with Crippen LogP contribution < -0.4 is 15.0 Å². The number of carboxylic acids is 1. The van der Waals surface area contributed by atoms with Crippen molar-refractivity contribution in [3.8, 4) is 22.6 Å². The van der Waals surface area contributed by atoms with Gasteiger partial charge in [0.1, 0.15) is 5.75 Å². The first kappa shape index (κ1) is 32.0. The van der Waals surface area contributed by atoms with E-state index in [1.165, 1.54) is 0 Å². The highest BCUT2D eigenvalue weighted by molar-refractivity contribution is 6.35. The van der Waals surface area contributed by atoms with Crippen LogP contribution in [0.3, 0.4) is 0 Å². The van der Waals surface area contributed by atoms with Gasteiger partial charge in [0.15, 0.2) is 5.75 Å². The molecule has 5 rings (SSSR count). The zero-order valence-electron chi connectivity index (χ0n) is 24.8. The molecule has 44 heavy (non-hydrogen) atoms. The topological polar surface area (TPSA) is 111 Å². The number of nitrogens with one attached hydrogen (secondary N) is 1. The molecule has 2 saturated heterocycles. The quantitative estimate of drug-likeness (QED) is 0.292. The number of nitrogens with zero attached hydrogens (tertiary/aromatic N) is 5. The fraction of sp³-hybridized carbons (Fsp3) is 0.438. The minimum atomic E-state index is -0.778. The van der Waals surface area contributed by atoms with Crippen molar-refractivity contribution >= 4 is 41.0 Å². The molecule has 0 aliphatic carbocycles. The van der Waals surface area contributed by atoms with Gasteiger partial charge in [0.2, 0.25) is 11.9 Å². The largest absolute Gasteiger partial charge is 0.481 e. The summed E-state index contributed by atoms with van der Waals surface area (Å²) in [6, 6.07) is 11.7. The summed E-state index contributed by atoms with van der Waals surface area (Å²) in [5.74, 6) is 1.56. The van der Waals surface area contributed by atoms with Crippen LogP contribution in [-0.2, 0) is 16.1 Å². The van der Waals surface area contributed by atoms with E-state index in [4.69, 9.17) is 33.0 Å². The van der Waals surface area contributed by atoms with Crippen molar-refractivity contribution in [2.45, 2.75) is 32.7 Å². The first-order valence-corrected chi connectivity index (χ1v) is 15.7. The molecule has 0 atom stereocenters. The van der Waals surface area contributed by atoms with Crippen LogP contribution in [0.15, 0.2) is 48.8 Å². The fourth-order valence-corrected chi connectivity index (χ4v) is 6.21. The van der Waals surface area contributed by atoms with Crippen LogP contribution in [0.2, 0.25) is 10.0 Å². The van der Waals surface area contributed by atoms with Crippen molar-refractivity contribution in [1.82, 2.24) is 25.1 Å². The number of ether oxygens (including phenoxy) is 1. The zero-order valence-corrected chi connectivity index (χ0v) is 26.4. The van der Waals surface area contributed by atoms with Crippen LogP contribution in [0.5, 0.6) is 11.5 Å². The number of hydrogen-bond acceptors (Lipinski definition) is 8. The summed E-state index contributed by atoms with van der Waals surface area (Å²) in [5, 5.41) is 13.0. The SMILES string of the molecule is CC(=O)NCC1CCN(Cc2cc(Oc3cnc(N4CCN(CCC(=O)O)CC4)nc3)cc(-c3cc(Cl)cc(Cl)c3)c2)CC1. The van der Waals surface area contributed by atoms with Crippen LogP contribution >= 0.6 is 23.2 Å². The van der Waals surface area contributed by atoms with Gasteiger partial charge in [-0.2, -0.15) is 0 Å². The van der Waals surface area contributed by atoms with Gasteiger partial charge >= 0.3 is 5.97 Å². The van der Waals surface area contributed by atoms with Crippen molar-refractivity contribution < 1.29 is 19.4 Å². The number of carbonyl (C=O) groups is 2. The van der Waals surface area contributed by atoms with E-state index in [-0.39, 0.29) is 12.3 Å². The Morgan fingerprint density at radius 3 is 2.18 bits per heavy atom. The number of halogens is 2. The predicted molar refractivity (Wildman–Crippen MR) is 172 cm³/mol. The number of likely N-dealkylation sites (tertiary alicyclic amines) is 1. The molecule has 2 fully saturated rings. The second kappa shape index (κ2) is 15.0. The molecule has 10 nitrogen and oxygen atoms in total. The molecule has 0 spiro atoms.